The van der Waals surface area contributed by atoms with Crippen LogP contribution in [0, 0.1) is 0 Å². The smallest absolute Gasteiger partial charge is 0.307 e. The number of amides is 2. The molecule has 1 heterocycles. The number of nitrogens with one attached hydrogen (secondary N) is 1. The van der Waals surface area contributed by atoms with Gasteiger partial charge in [0.15, 0.2) is 0 Å². The van der Waals surface area contributed by atoms with Gasteiger partial charge in [0, 0.05) is 6.04 Å². The zero-order valence-electron chi connectivity index (χ0n) is 11.3. The van der Waals surface area contributed by atoms with Crippen molar-refractivity contribution < 1.29 is 19.1 Å². The Balaban J connectivity index is 2.75. The Hall–Kier alpha value is -1.43. The molecular formula is C12H20N2O4. The highest BCUT2D eigenvalue weighted by atomic mass is 16.5. The average molecular weight is 256 g/mol. The Morgan fingerprint density at radius 3 is 2.67 bits per heavy atom. The molecule has 0 saturated carbocycles. The van der Waals surface area contributed by atoms with Crippen molar-refractivity contribution in [3.63, 3.8) is 0 Å². The summed E-state index contributed by atoms with van der Waals surface area (Å²) in [5, 5.41) is 2.30. The van der Waals surface area contributed by atoms with Crippen molar-refractivity contribution in [3.05, 3.63) is 0 Å². The summed E-state index contributed by atoms with van der Waals surface area (Å²) in [4.78, 5) is 36.3. The van der Waals surface area contributed by atoms with E-state index in [1.165, 1.54) is 0 Å². The third-order valence-corrected chi connectivity index (χ3v) is 3.14. The lowest BCUT2D eigenvalue weighted by Gasteiger charge is -2.43. The third-order valence-electron chi connectivity index (χ3n) is 3.14. The number of piperazine rings is 1. The van der Waals surface area contributed by atoms with E-state index in [1.807, 2.05) is 6.92 Å². The van der Waals surface area contributed by atoms with Gasteiger partial charge in [-0.25, -0.2) is 0 Å². The molecule has 0 radical (unpaired) electrons. The van der Waals surface area contributed by atoms with Crippen molar-refractivity contribution in [2.75, 3.05) is 13.2 Å². The number of esters is 1. The molecule has 0 spiro atoms. The van der Waals surface area contributed by atoms with E-state index in [-0.39, 0.29) is 36.8 Å². The summed E-state index contributed by atoms with van der Waals surface area (Å²) in [7, 11) is 0. The Morgan fingerprint density at radius 2 is 2.11 bits per heavy atom. The number of hydrogen-bond acceptors (Lipinski definition) is 5. The van der Waals surface area contributed by atoms with Crippen LogP contribution in [0.4, 0.5) is 0 Å². The Morgan fingerprint density at radius 1 is 1.50 bits per heavy atom. The van der Waals surface area contributed by atoms with Crippen LogP contribution in [-0.4, -0.2) is 47.4 Å². The van der Waals surface area contributed by atoms with Crippen molar-refractivity contribution >= 4 is 17.8 Å². The second kappa shape index (κ2) is 5.48. The van der Waals surface area contributed by atoms with Crippen molar-refractivity contribution in [1.82, 2.24) is 10.2 Å². The van der Waals surface area contributed by atoms with Crippen LogP contribution in [0.15, 0.2) is 0 Å². The maximum absolute atomic E-state index is 11.8. The first-order valence-electron chi connectivity index (χ1n) is 6.05. The fourth-order valence-electron chi connectivity index (χ4n) is 2.08. The van der Waals surface area contributed by atoms with Gasteiger partial charge in [0.25, 0.3) is 0 Å². The monoisotopic (exact) mass is 256 g/mol. The van der Waals surface area contributed by atoms with Gasteiger partial charge in [0.2, 0.25) is 11.8 Å². The summed E-state index contributed by atoms with van der Waals surface area (Å²) in [6.45, 7) is 7.45. The van der Waals surface area contributed by atoms with Gasteiger partial charge in [-0.3, -0.25) is 24.6 Å². The number of nitrogens with zero attached hydrogens (tertiary/aromatic N) is 1. The quantitative estimate of drug-likeness (QED) is 0.569. The summed E-state index contributed by atoms with van der Waals surface area (Å²) < 4.78 is 4.87. The predicted octanol–water partition coefficient (Wildman–Crippen LogP) is 0.0651. The van der Waals surface area contributed by atoms with Crippen LogP contribution in [0.3, 0.4) is 0 Å². The van der Waals surface area contributed by atoms with Gasteiger partial charge in [-0.05, 0) is 27.7 Å². The van der Waals surface area contributed by atoms with E-state index < -0.39 is 5.54 Å². The SMILES string of the molecule is CCOC(=O)CC(C)N1CC(=O)NC(=O)C1(C)C. The Bertz CT molecular complexity index is 365. The van der Waals surface area contributed by atoms with Crippen LogP contribution in [0.25, 0.3) is 0 Å². The van der Waals surface area contributed by atoms with Gasteiger partial charge >= 0.3 is 5.97 Å². The lowest BCUT2D eigenvalue weighted by molar-refractivity contribution is -0.152. The number of imide groups is 1. The van der Waals surface area contributed by atoms with E-state index in [9.17, 15) is 14.4 Å². The number of rotatable bonds is 4. The van der Waals surface area contributed by atoms with Gasteiger partial charge in [0.05, 0.1) is 25.1 Å². The summed E-state index contributed by atoms with van der Waals surface area (Å²) in [5.41, 5.74) is -0.806. The molecule has 2 amide bonds. The minimum Gasteiger partial charge on any atom is -0.466 e. The Labute approximate surface area is 107 Å². The molecule has 1 saturated heterocycles. The minimum atomic E-state index is -0.806. The summed E-state index contributed by atoms with van der Waals surface area (Å²) in [5.74, 6) is -0.997. The molecule has 0 aliphatic carbocycles. The van der Waals surface area contributed by atoms with Crippen molar-refractivity contribution in [1.29, 1.82) is 0 Å². The fraction of sp³-hybridized carbons (Fsp3) is 0.750. The molecule has 1 unspecified atom stereocenters. The molecule has 18 heavy (non-hydrogen) atoms. The first-order valence-corrected chi connectivity index (χ1v) is 6.05. The molecule has 1 rings (SSSR count). The van der Waals surface area contributed by atoms with Gasteiger partial charge < -0.3 is 4.74 Å². The van der Waals surface area contributed by atoms with Crippen molar-refractivity contribution in [3.8, 4) is 0 Å². The largest absolute Gasteiger partial charge is 0.466 e. The van der Waals surface area contributed by atoms with Gasteiger partial charge in [-0.1, -0.05) is 0 Å². The van der Waals surface area contributed by atoms with E-state index in [0.29, 0.717) is 6.61 Å². The lowest BCUT2D eigenvalue weighted by atomic mass is 9.95. The van der Waals surface area contributed by atoms with Crippen molar-refractivity contribution in [2.45, 2.75) is 45.7 Å². The summed E-state index contributed by atoms with van der Waals surface area (Å²) in [6.07, 6.45) is 0.165. The number of carbonyl (C=O) groups is 3. The molecule has 6 nitrogen and oxygen atoms in total. The highest BCUT2D eigenvalue weighted by Gasteiger charge is 2.43. The number of carbonyl (C=O) groups excluding carboxylic acids is 3. The van der Waals surface area contributed by atoms with Crippen LogP contribution >= 0.6 is 0 Å². The fourth-order valence-corrected chi connectivity index (χ4v) is 2.08. The molecule has 0 bridgehead atoms. The molecule has 102 valence electrons. The van der Waals surface area contributed by atoms with Gasteiger partial charge in [-0.2, -0.15) is 0 Å². The molecule has 0 aromatic rings. The van der Waals surface area contributed by atoms with E-state index in [0.717, 1.165) is 0 Å². The van der Waals surface area contributed by atoms with Crippen LogP contribution < -0.4 is 5.32 Å². The Kier molecular flexibility index (Phi) is 4.45. The molecule has 1 aliphatic rings. The van der Waals surface area contributed by atoms with Gasteiger partial charge in [-0.15, -0.1) is 0 Å². The van der Waals surface area contributed by atoms with Crippen molar-refractivity contribution in [2.24, 2.45) is 0 Å². The van der Waals surface area contributed by atoms with Crippen LogP contribution in [0.2, 0.25) is 0 Å². The van der Waals surface area contributed by atoms with Gasteiger partial charge in [0.1, 0.15) is 0 Å². The average Bonchev–Trinajstić information content (AvgIpc) is 2.23. The highest BCUT2D eigenvalue weighted by molar-refractivity contribution is 6.03. The predicted molar refractivity (Wildman–Crippen MR) is 64.6 cm³/mol. The second-order valence-electron chi connectivity index (χ2n) is 4.92. The summed E-state index contributed by atoms with van der Waals surface area (Å²) >= 11 is 0. The highest BCUT2D eigenvalue weighted by Crippen LogP contribution is 2.22. The van der Waals surface area contributed by atoms with Crippen LogP contribution in [-0.2, 0) is 19.1 Å². The number of hydrogen-bond donors (Lipinski definition) is 1. The van der Waals surface area contributed by atoms with Crippen LogP contribution in [0.5, 0.6) is 0 Å². The molecule has 1 atom stereocenters. The maximum atomic E-state index is 11.8. The molecule has 1 fully saturated rings. The topological polar surface area (TPSA) is 75.7 Å². The zero-order valence-corrected chi connectivity index (χ0v) is 11.3. The molecule has 1 N–H and O–H groups in total. The number of ether oxygens (including phenoxy) is 1. The van der Waals surface area contributed by atoms with E-state index >= 15 is 0 Å². The normalized spacial score (nSPS) is 21.3. The first kappa shape index (κ1) is 14.6. The molecule has 0 aromatic carbocycles. The van der Waals surface area contributed by atoms with E-state index in [4.69, 9.17) is 4.74 Å². The maximum Gasteiger partial charge on any atom is 0.307 e. The summed E-state index contributed by atoms with van der Waals surface area (Å²) in [6, 6.07) is -0.228. The zero-order chi connectivity index (χ0) is 13.9. The second-order valence-corrected chi connectivity index (χ2v) is 4.92. The molecule has 6 heteroatoms. The third kappa shape index (κ3) is 3.07. The lowest BCUT2D eigenvalue weighted by Crippen LogP contribution is -2.66. The standard InChI is InChI=1S/C12H20N2O4/c1-5-18-10(16)6-8(2)14-7-9(15)13-11(17)12(14,3)4/h8H,5-7H2,1-4H3,(H,13,15,17). The first-order chi connectivity index (χ1) is 8.28. The molecular weight excluding hydrogens is 236 g/mol. The molecule has 0 aromatic heterocycles. The molecule has 1 aliphatic heterocycles. The van der Waals surface area contributed by atoms with Crippen LogP contribution in [0.1, 0.15) is 34.1 Å². The van der Waals surface area contributed by atoms with E-state index in [1.54, 1.807) is 25.7 Å². The minimum absolute atomic E-state index is 0.110. The van der Waals surface area contributed by atoms with E-state index in [2.05, 4.69) is 5.32 Å².